The minimum absolute atomic E-state index is 0.477. The van der Waals surface area contributed by atoms with E-state index in [0.717, 1.165) is 19.6 Å². The van der Waals surface area contributed by atoms with E-state index in [9.17, 15) is 0 Å². The number of rotatable bonds is 8. The number of nitrogens with two attached hydrogens (primary N) is 1. The number of thioether (sulfide) groups is 1. The highest BCUT2D eigenvalue weighted by Crippen LogP contribution is 2.33. The second kappa shape index (κ2) is 8.14. The van der Waals surface area contributed by atoms with Crippen molar-refractivity contribution in [2.75, 3.05) is 31.9 Å². The minimum Gasteiger partial charge on any atom is -0.329 e. The molecule has 1 heterocycles. The zero-order valence-electron chi connectivity index (χ0n) is 11.1. The Labute approximate surface area is 114 Å². The highest BCUT2D eigenvalue weighted by atomic mass is 32.2. The smallest absolute Gasteiger partial charge is 0.0516 e. The van der Waals surface area contributed by atoms with Crippen LogP contribution in [0.3, 0.4) is 0 Å². The standard InChI is InChI=1S/C13H24N2S2/c1-4-15(5-2)7-9-16-12(10-14)13-11(3)6-8-17-13/h6,8,12H,4-5,7,9-10,14H2,1-3H3. The van der Waals surface area contributed by atoms with E-state index in [-0.39, 0.29) is 0 Å². The molecule has 0 amide bonds. The van der Waals surface area contributed by atoms with E-state index in [1.165, 1.54) is 22.7 Å². The molecule has 0 radical (unpaired) electrons. The third-order valence-corrected chi connectivity index (χ3v) is 5.56. The molecular weight excluding hydrogens is 248 g/mol. The maximum absolute atomic E-state index is 5.89. The molecule has 0 aliphatic carbocycles. The molecule has 17 heavy (non-hydrogen) atoms. The SMILES string of the molecule is CCN(CC)CCSC(CN)c1sccc1C. The maximum atomic E-state index is 5.89. The number of nitrogens with zero attached hydrogens (tertiary/aromatic N) is 1. The van der Waals surface area contributed by atoms with Gasteiger partial charge in [-0.2, -0.15) is 11.8 Å². The molecule has 0 aromatic carbocycles. The van der Waals surface area contributed by atoms with Gasteiger partial charge in [-0.15, -0.1) is 11.3 Å². The normalized spacial score (nSPS) is 13.2. The lowest BCUT2D eigenvalue weighted by atomic mass is 10.2. The second-order valence-electron chi connectivity index (χ2n) is 4.09. The summed E-state index contributed by atoms with van der Waals surface area (Å²) < 4.78 is 0. The summed E-state index contributed by atoms with van der Waals surface area (Å²) in [5.74, 6) is 1.17. The van der Waals surface area contributed by atoms with Gasteiger partial charge in [0.05, 0.1) is 5.25 Å². The predicted octanol–water partition coefficient (Wildman–Crippen LogP) is 3.13. The molecule has 0 spiro atoms. The Kier molecular flexibility index (Phi) is 7.19. The van der Waals surface area contributed by atoms with Crippen LogP contribution in [0.1, 0.15) is 29.5 Å². The first-order valence-electron chi connectivity index (χ1n) is 6.30. The molecule has 2 N–H and O–H groups in total. The van der Waals surface area contributed by atoms with Gasteiger partial charge >= 0.3 is 0 Å². The molecule has 0 aliphatic rings. The molecule has 4 heteroatoms. The molecule has 0 saturated carbocycles. The number of hydrogen-bond acceptors (Lipinski definition) is 4. The lowest BCUT2D eigenvalue weighted by molar-refractivity contribution is 0.324. The molecule has 2 nitrogen and oxygen atoms in total. The molecular formula is C13H24N2S2. The first-order valence-corrected chi connectivity index (χ1v) is 8.23. The van der Waals surface area contributed by atoms with Crippen molar-refractivity contribution in [1.82, 2.24) is 4.90 Å². The summed E-state index contributed by atoms with van der Waals surface area (Å²) in [7, 11) is 0. The van der Waals surface area contributed by atoms with Crippen molar-refractivity contribution < 1.29 is 0 Å². The molecule has 1 atom stereocenters. The summed E-state index contributed by atoms with van der Waals surface area (Å²) in [4.78, 5) is 3.92. The predicted molar refractivity (Wildman–Crippen MR) is 81.1 cm³/mol. The number of thiophene rings is 1. The first kappa shape index (κ1) is 15.0. The summed E-state index contributed by atoms with van der Waals surface area (Å²) >= 11 is 3.83. The molecule has 0 saturated heterocycles. The summed E-state index contributed by atoms with van der Waals surface area (Å²) in [6.45, 7) is 10.8. The quantitative estimate of drug-likeness (QED) is 0.788. The summed E-state index contributed by atoms with van der Waals surface area (Å²) in [5.41, 5.74) is 7.28. The van der Waals surface area contributed by atoms with Crippen LogP contribution in [-0.2, 0) is 0 Å². The third kappa shape index (κ3) is 4.62. The number of hydrogen-bond donors (Lipinski definition) is 1. The van der Waals surface area contributed by atoms with Gasteiger partial charge in [-0.1, -0.05) is 13.8 Å². The van der Waals surface area contributed by atoms with Gasteiger partial charge in [0.2, 0.25) is 0 Å². The maximum Gasteiger partial charge on any atom is 0.0516 e. The van der Waals surface area contributed by atoms with Crippen molar-refractivity contribution in [2.24, 2.45) is 5.73 Å². The molecule has 1 aromatic rings. The van der Waals surface area contributed by atoms with E-state index in [1.54, 1.807) is 0 Å². The highest BCUT2D eigenvalue weighted by Gasteiger charge is 2.14. The van der Waals surface area contributed by atoms with Crippen molar-refractivity contribution in [3.05, 3.63) is 21.9 Å². The van der Waals surface area contributed by atoms with Crippen molar-refractivity contribution in [2.45, 2.75) is 26.0 Å². The Morgan fingerprint density at radius 1 is 1.41 bits per heavy atom. The van der Waals surface area contributed by atoms with Crippen LogP contribution in [0.15, 0.2) is 11.4 Å². The third-order valence-electron chi connectivity index (χ3n) is 3.03. The van der Waals surface area contributed by atoms with Gasteiger partial charge in [0.1, 0.15) is 0 Å². The van der Waals surface area contributed by atoms with Gasteiger partial charge in [-0.3, -0.25) is 0 Å². The average Bonchev–Trinajstić information content (AvgIpc) is 2.76. The molecule has 0 bridgehead atoms. The van der Waals surface area contributed by atoms with Crippen LogP contribution >= 0.6 is 23.1 Å². The fourth-order valence-corrected chi connectivity index (χ4v) is 4.24. The Balaban J connectivity index is 2.41. The zero-order chi connectivity index (χ0) is 12.7. The molecule has 1 rings (SSSR count). The lowest BCUT2D eigenvalue weighted by Gasteiger charge is -2.20. The fourth-order valence-electron chi connectivity index (χ4n) is 1.83. The van der Waals surface area contributed by atoms with E-state index in [4.69, 9.17) is 5.73 Å². The Morgan fingerprint density at radius 2 is 2.12 bits per heavy atom. The fraction of sp³-hybridized carbons (Fsp3) is 0.692. The molecule has 0 aliphatic heterocycles. The lowest BCUT2D eigenvalue weighted by Crippen LogP contribution is -2.26. The number of aryl methyl sites for hydroxylation is 1. The Hall–Kier alpha value is -0.0300. The minimum atomic E-state index is 0.477. The van der Waals surface area contributed by atoms with Crippen LogP contribution in [0.25, 0.3) is 0 Å². The summed E-state index contributed by atoms with van der Waals surface area (Å²) in [5, 5.41) is 2.64. The van der Waals surface area contributed by atoms with Gasteiger partial charge in [-0.25, -0.2) is 0 Å². The first-order chi connectivity index (χ1) is 8.22. The molecule has 1 aromatic heterocycles. The van der Waals surface area contributed by atoms with Crippen LogP contribution in [0.5, 0.6) is 0 Å². The van der Waals surface area contributed by atoms with Crippen molar-refractivity contribution in [3.63, 3.8) is 0 Å². The monoisotopic (exact) mass is 272 g/mol. The van der Waals surface area contributed by atoms with E-state index in [1.807, 2.05) is 23.1 Å². The van der Waals surface area contributed by atoms with Crippen LogP contribution in [-0.4, -0.2) is 36.8 Å². The van der Waals surface area contributed by atoms with Gasteiger partial charge in [0.25, 0.3) is 0 Å². The topological polar surface area (TPSA) is 29.3 Å². The van der Waals surface area contributed by atoms with E-state index in [0.29, 0.717) is 5.25 Å². The van der Waals surface area contributed by atoms with Gasteiger partial charge in [0.15, 0.2) is 0 Å². The largest absolute Gasteiger partial charge is 0.329 e. The van der Waals surface area contributed by atoms with Gasteiger partial charge < -0.3 is 10.6 Å². The van der Waals surface area contributed by atoms with Crippen molar-refractivity contribution in [1.29, 1.82) is 0 Å². The summed E-state index contributed by atoms with van der Waals surface area (Å²) in [6, 6.07) is 2.19. The highest BCUT2D eigenvalue weighted by molar-refractivity contribution is 7.99. The van der Waals surface area contributed by atoms with E-state index in [2.05, 4.69) is 37.1 Å². The van der Waals surface area contributed by atoms with E-state index >= 15 is 0 Å². The van der Waals surface area contributed by atoms with Crippen LogP contribution in [0.4, 0.5) is 0 Å². The molecule has 0 fully saturated rings. The Morgan fingerprint density at radius 3 is 2.59 bits per heavy atom. The average molecular weight is 272 g/mol. The van der Waals surface area contributed by atoms with Crippen molar-refractivity contribution >= 4 is 23.1 Å². The van der Waals surface area contributed by atoms with Crippen LogP contribution in [0.2, 0.25) is 0 Å². The van der Waals surface area contributed by atoms with Crippen LogP contribution < -0.4 is 5.73 Å². The van der Waals surface area contributed by atoms with Crippen molar-refractivity contribution in [3.8, 4) is 0 Å². The second-order valence-corrected chi connectivity index (χ2v) is 6.35. The van der Waals surface area contributed by atoms with Gasteiger partial charge in [-0.05, 0) is 37.0 Å². The molecule has 1 unspecified atom stereocenters. The van der Waals surface area contributed by atoms with Crippen LogP contribution in [0, 0.1) is 6.92 Å². The van der Waals surface area contributed by atoms with Gasteiger partial charge in [0, 0.05) is 23.7 Å². The Bertz CT molecular complexity index is 308. The summed E-state index contributed by atoms with van der Waals surface area (Å²) in [6.07, 6.45) is 0. The zero-order valence-corrected chi connectivity index (χ0v) is 12.7. The van der Waals surface area contributed by atoms with E-state index < -0.39 is 0 Å². The molecule has 98 valence electrons.